The van der Waals surface area contributed by atoms with Gasteiger partial charge in [0.15, 0.2) is 0 Å². The summed E-state index contributed by atoms with van der Waals surface area (Å²) in [6, 6.07) is 3.77. The van der Waals surface area contributed by atoms with Gasteiger partial charge in [-0.3, -0.25) is 4.79 Å². The lowest BCUT2D eigenvalue weighted by Crippen LogP contribution is -2.27. The van der Waals surface area contributed by atoms with E-state index in [1.54, 1.807) is 0 Å². The van der Waals surface area contributed by atoms with Crippen LogP contribution < -0.4 is 0 Å². The highest BCUT2D eigenvalue weighted by atomic mass is 35.5. The molecule has 4 heteroatoms. The monoisotopic (exact) mass is 272 g/mol. The van der Waals surface area contributed by atoms with Crippen LogP contribution in [0.15, 0.2) is 12.1 Å². The third-order valence-electron chi connectivity index (χ3n) is 3.59. The number of Topliss-reactive ketones (excluding diaryl/α,β-unsaturated/α-hetero) is 1. The van der Waals surface area contributed by atoms with Crippen LogP contribution in [0.5, 0.6) is 0 Å². The highest BCUT2D eigenvalue weighted by molar-refractivity contribution is 7.16. The SMILES string of the molecule is CC1OC(C)C(C(=O)Cc2ccc(Cl)s2)C1C. The second-order valence-corrected chi connectivity index (χ2v) is 6.58. The van der Waals surface area contributed by atoms with Crippen LogP contribution in [0.3, 0.4) is 0 Å². The minimum absolute atomic E-state index is 0.0193. The minimum atomic E-state index is 0.0193. The molecular formula is C13H17ClO2S. The van der Waals surface area contributed by atoms with Gasteiger partial charge in [0, 0.05) is 17.2 Å². The molecule has 2 nitrogen and oxygen atoms in total. The summed E-state index contributed by atoms with van der Waals surface area (Å²) < 4.78 is 6.45. The number of rotatable bonds is 3. The summed E-state index contributed by atoms with van der Waals surface area (Å²) in [5.41, 5.74) is 0. The van der Waals surface area contributed by atoms with Crippen molar-refractivity contribution in [1.29, 1.82) is 0 Å². The van der Waals surface area contributed by atoms with E-state index >= 15 is 0 Å². The number of hydrogen-bond donors (Lipinski definition) is 0. The molecule has 4 atom stereocenters. The Hall–Kier alpha value is -0.380. The average molecular weight is 273 g/mol. The van der Waals surface area contributed by atoms with Crippen molar-refractivity contribution in [2.45, 2.75) is 39.4 Å². The molecule has 1 aliphatic heterocycles. The molecule has 1 aromatic rings. The lowest BCUT2D eigenvalue weighted by atomic mass is 9.85. The van der Waals surface area contributed by atoms with Crippen molar-refractivity contribution >= 4 is 28.7 Å². The maximum Gasteiger partial charge on any atom is 0.144 e. The van der Waals surface area contributed by atoms with E-state index in [4.69, 9.17) is 16.3 Å². The number of ketones is 1. The van der Waals surface area contributed by atoms with Crippen molar-refractivity contribution in [3.8, 4) is 0 Å². The summed E-state index contributed by atoms with van der Waals surface area (Å²) in [6.07, 6.45) is 0.682. The molecule has 1 fully saturated rings. The van der Waals surface area contributed by atoms with Gasteiger partial charge in [0.25, 0.3) is 0 Å². The molecule has 2 heterocycles. The van der Waals surface area contributed by atoms with Crippen molar-refractivity contribution < 1.29 is 9.53 Å². The summed E-state index contributed by atoms with van der Waals surface area (Å²) in [7, 11) is 0. The molecule has 0 bridgehead atoms. The number of ether oxygens (including phenoxy) is 1. The van der Waals surface area contributed by atoms with Gasteiger partial charge in [-0.05, 0) is 31.9 Å². The number of carbonyl (C=O) groups excluding carboxylic acids is 1. The predicted octanol–water partition coefficient (Wildman–Crippen LogP) is 3.57. The van der Waals surface area contributed by atoms with Gasteiger partial charge in [0.05, 0.1) is 16.5 Å². The fourth-order valence-electron chi connectivity index (χ4n) is 2.56. The maximum absolute atomic E-state index is 12.3. The van der Waals surface area contributed by atoms with Gasteiger partial charge < -0.3 is 4.74 Å². The summed E-state index contributed by atoms with van der Waals surface area (Å²) in [5.74, 6) is 0.590. The molecule has 0 radical (unpaired) electrons. The van der Waals surface area contributed by atoms with Crippen molar-refractivity contribution in [1.82, 2.24) is 0 Å². The highest BCUT2D eigenvalue weighted by Gasteiger charge is 2.41. The summed E-state index contributed by atoms with van der Waals surface area (Å²) in [5, 5.41) is 0. The van der Waals surface area contributed by atoms with Gasteiger partial charge in [-0.25, -0.2) is 0 Å². The lowest BCUT2D eigenvalue weighted by Gasteiger charge is -2.16. The van der Waals surface area contributed by atoms with E-state index in [0.717, 1.165) is 9.21 Å². The maximum atomic E-state index is 12.3. The first-order valence-electron chi connectivity index (χ1n) is 5.91. The van der Waals surface area contributed by atoms with E-state index in [1.165, 1.54) is 11.3 Å². The quantitative estimate of drug-likeness (QED) is 0.841. The molecule has 0 aliphatic carbocycles. The standard InChI is InChI=1S/C13H17ClO2S/c1-7-8(2)16-9(3)13(7)11(15)6-10-4-5-12(14)17-10/h4-5,7-9,13H,6H2,1-3H3. The fourth-order valence-corrected chi connectivity index (χ4v) is 3.66. The molecule has 1 aliphatic rings. The zero-order valence-corrected chi connectivity index (χ0v) is 11.8. The fraction of sp³-hybridized carbons (Fsp3) is 0.615. The molecule has 0 amide bonds. The van der Waals surface area contributed by atoms with Crippen LogP contribution in [0.25, 0.3) is 0 Å². The second kappa shape index (κ2) is 5.09. The Morgan fingerprint density at radius 1 is 1.35 bits per heavy atom. The second-order valence-electron chi connectivity index (χ2n) is 4.78. The van der Waals surface area contributed by atoms with E-state index in [-0.39, 0.29) is 23.9 Å². The Labute approximate surface area is 111 Å². The largest absolute Gasteiger partial charge is 0.375 e. The first kappa shape index (κ1) is 13.1. The van der Waals surface area contributed by atoms with Crippen LogP contribution in [0.4, 0.5) is 0 Å². The lowest BCUT2D eigenvalue weighted by molar-refractivity contribution is -0.124. The third kappa shape index (κ3) is 2.72. The molecule has 0 saturated carbocycles. The molecule has 0 N–H and O–H groups in total. The number of thiophene rings is 1. The highest BCUT2D eigenvalue weighted by Crippen LogP contribution is 2.34. The molecule has 94 valence electrons. The topological polar surface area (TPSA) is 26.3 Å². The van der Waals surface area contributed by atoms with Crippen molar-refractivity contribution in [2.75, 3.05) is 0 Å². The van der Waals surface area contributed by atoms with E-state index in [0.29, 0.717) is 12.3 Å². The van der Waals surface area contributed by atoms with Gasteiger partial charge in [-0.1, -0.05) is 18.5 Å². The van der Waals surface area contributed by atoms with Crippen LogP contribution in [-0.2, 0) is 16.0 Å². The Kier molecular flexibility index (Phi) is 3.91. The van der Waals surface area contributed by atoms with Crippen LogP contribution in [0, 0.1) is 11.8 Å². The smallest absolute Gasteiger partial charge is 0.144 e. The van der Waals surface area contributed by atoms with Crippen LogP contribution in [-0.4, -0.2) is 18.0 Å². The van der Waals surface area contributed by atoms with E-state index in [9.17, 15) is 4.79 Å². The van der Waals surface area contributed by atoms with E-state index < -0.39 is 0 Å². The summed E-state index contributed by atoms with van der Waals surface area (Å²) in [6.45, 7) is 6.12. The van der Waals surface area contributed by atoms with Gasteiger partial charge in [0.1, 0.15) is 5.78 Å². The molecule has 4 unspecified atom stereocenters. The van der Waals surface area contributed by atoms with Crippen LogP contribution in [0.1, 0.15) is 25.6 Å². The van der Waals surface area contributed by atoms with E-state index in [1.807, 2.05) is 26.0 Å². The molecule has 17 heavy (non-hydrogen) atoms. The number of halogens is 1. The molecule has 0 spiro atoms. The molecule has 1 aromatic heterocycles. The average Bonchev–Trinajstić information content (AvgIpc) is 2.73. The third-order valence-corrected chi connectivity index (χ3v) is 4.82. The van der Waals surface area contributed by atoms with E-state index in [2.05, 4.69) is 6.92 Å². The van der Waals surface area contributed by atoms with Crippen molar-refractivity contribution in [3.63, 3.8) is 0 Å². The Morgan fingerprint density at radius 3 is 2.53 bits per heavy atom. The number of hydrogen-bond acceptors (Lipinski definition) is 3. The molecule has 0 aromatic carbocycles. The first-order chi connectivity index (χ1) is 7.99. The Bertz CT molecular complexity index is 415. The van der Waals surface area contributed by atoms with Crippen molar-refractivity contribution in [3.05, 3.63) is 21.3 Å². The normalized spacial score (nSPS) is 32.9. The zero-order chi connectivity index (χ0) is 12.6. The molecule has 2 rings (SSSR count). The van der Waals surface area contributed by atoms with Gasteiger partial charge in [0.2, 0.25) is 0 Å². The Balaban J connectivity index is 2.05. The minimum Gasteiger partial charge on any atom is -0.375 e. The predicted molar refractivity (Wildman–Crippen MR) is 70.7 cm³/mol. The zero-order valence-electron chi connectivity index (χ0n) is 10.3. The number of carbonyl (C=O) groups is 1. The van der Waals surface area contributed by atoms with Gasteiger partial charge in [-0.2, -0.15) is 0 Å². The summed E-state index contributed by atoms with van der Waals surface area (Å²) >= 11 is 7.35. The molecular weight excluding hydrogens is 256 g/mol. The molecule has 1 saturated heterocycles. The van der Waals surface area contributed by atoms with Gasteiger partial charge in [-0.15, -0.1) is 11.3 Å². The van der Waals surface area contributed by atoms with Crippen LogP contribution >= 0.6 is 22.9 Å². The summed E-state index contributed by atoms with van der Waals surface area (Å²) in [4.78, 5) is 13.3. The first-order valence-corrected chi connectivity index (χ1v) is 7.11. The van der Waals surface area contributed by atoms with Gasteiger partial charge >= 0.3 is 0 Å². The van der Waals surface area contributed by atoms with Crippen LogP contribution in [0.2, 0.25) is 4.34 Å². The Morgan fingerprint density at radius 2 is 2.06 bits per heavy atom. The van der Waals surface area contributed by atoms with Crippen molar-refractivity contribution in [2.24, 2.45) is 11.8 Å².